The van der Waals surface area contributed by atoms with Crippen molar-refractivity contribution >= 4 is 17.9 Å². The second-order valence-corrected chi connectivity index (χ2v) is 18.4. The minimum atomic E-state index is -0.759. The monoisotopic (exact) mass is 835 g/mol. The highest BCUT2D eigenvalue weighted by Crippen LogP contribution is 2.18. The van der Waals surface area contributed by atoms with E-state index < -0.39 is 6.10 Å². The Morgan fingerprint density at radius 2 is 0.593 bits per heavy atom. The highest BCUT2D eigenvalue weighted by atomic mass is 16.6. The van der Waals surface area contributed by atoms with E-state index in [0.717, 1.165) is 63.7 Å². The quantitative estimate of drug-likeness (QED) is 0.0345. The Kier molecular flexibility index (Phi) is 46.2. The molecule has 0 heterocycles. The van der Waals surface area contributed by atoms with E-state index in [4.69, 9.17) is 14.2 Å². The van der Waals surface area contributed by atoms with Gasteiger partial charge in [-0.15, -0.1) is 0 Å². The Bertz CT molecular complexity index is 889. The summed E-state index contributed by atoms with van der Waals surface area (Å²) in [5.74, 6) is 0.0462. The lowest BCUT2D eigenvalue weighted by atomic mass is 9.99. The first kappa shape index (κ1) is 57.4. The molecular formula is C53H102O6. The zero-order valence-corrected chi connectivity index (χ0v) is 40.2. The van der Waals surface area contributed by atoms with Crippen molar-refractivity contribution in [3.8, 4) is 0 Å². The summed E-state index contributed by atoms with van der Waals surface area (Å²) in [7, 11) is 0. The van der Waals surface area contributed by atoms with Gasteiger partial charge in [-0.25, -0.2) is 0 Å². The van der Waals surface area contributed by atoms with E-state index in [0.29, 0.717) is 19.3 Å². The molecule has 0 saturated heterocycles. The van der Waals surface area contributed by atoms with Gasteiger partial charge >= 0.3 is 17.9 Å². The third-order valence-corrected chi connectivity index (χ3v) is 12.4. The average molecular weight is 835 g/mol. The summed E-state index contributed by atoms with van der Waals surface area (Å²) in [6.07, 6.45) is 49.5. The van der Waals surface area contributed by atoms with Crippen molar-refractivity contribution in [3.63, 3.8) is 0 Å². The van der Waals surface area contributed by atoms with Gasteiger partial charge in [0.25, 0.3) is 0 Å². The number of unbranched alkanes of at least 4 members (excludes halogenated alkanes) is 34. The fourth-order valence-corrected chi connectivity index (χ4v) is 8.01. The molecule has 6 heteroatoms. The molecule has 0 fully saturated rings. The van der Waals surface area contributed by atoms with Crippen molar-refractivity contribution in [1.82, 2.24) is 0 Å². The number of carbonyl (C=O) groups is 3. The van der Waals surface area contributed by atoms with Gasteiger partial charge in [-0.2, -0.15) is 0 Å². The third kappa shape index (κ3) is 45.8. The molecule has 350 valence electrons. The van der Waals surface area contributed by atoms with Crippen LogP contribution in [0.2, 0.25) is 0 Å². The molecule has 2 atom stereocenters. The molecule has 0 aromatic rings. The van der Waals surface area contributed by atoms with Gasteiger partial charge in [0.1, 0.15) is 13.2 Å². The van der Waals surface area contributed by atoms with Crippen LogP contribution in [0.1, 0.15) is 297 Å². The predicted molar refractivity (Wildman–Crippen MR) is 252 cm³/mol. The predicted octanol–water partition coefficient (Wildman–Crippen LogP) is 17.1. The smallest absolute Gasteiger partial charge is 0.306 e. The van der Waals surface area contributed by atoms with E-state index in [-0.39, 0.29) is 31.1 Å². The number of rotatable bonds is 48. The Labute approximate surface area is 368 Å². The molecule has 0 radical (unpaired) electrons. The van der Waals surface area contributed by atoms with Crippen LogP contribution >= 0.6 is 0 Å². The van der Waals surface area contributed by atoms with Crippen molar-refractivity contribution in [3.05, 3.63) is 0 Å². The van der Waals surface area contributed by atoms with Crippen LogP contribution in [0.3, 0.4) is 0 Å². The van der Waals surface area contributed by atoms with Crippen LogP contribution in [-0.4, -0.2) is 37.2 Å². The SMILES string of the molecule is CCCCCCCCCCCCCCCCCCC(=O)O[C@@H](COC(=O)CCCCCCCCC)COC(=O)CCCCCCCCCCCCCCCCC(C)CC. The fraction of sp³-hybridized carbons (Fsp3) is 0.943. The number of hydrogen-bond donors (Lipinski definition) is 0. The first-order chi connectivity index (χ1) is 28.9. The first-order valence-corrected chi connectivity index (χ1v) is 26.4. The molecule has 6 nitrogen and oxygen atoms in total. The lowest BCUT2D eigenvalue weighted by molar-refractivity contribution is -0.167. The van der Waals surface area contributed by atoms with Gasteiger partial charge < -0.3 is 14.2 Å². The second kappa shape index (κ2) is 47.5. The zero-order chi connectivity index (χ0) is 43.1. The van der Waals surface area contributed by atoms with E-state index in [1.54, 1.807) is 0 Å². The number of hydrogen-bond acceptors (Lipinski definition) is 6. The maximum Gasteiger partial charge on any atom is 0.306 e. The summed E-state index contributed by atoms with van der Waals surface area (Å²) in [5, 5.41) is 0. The molecule has 1 unspecified atom stereocenters. The molecule has 0 aliphatic rings. The van der Waals surface area contributed by atoms with Crippen LogP contribution in [0.15, 0.2) is 0 Å². The van der Waals surface area contributed by atoms with Gasteiger partial charge in [0.2, 0.25) is 0 Å². The van der Waals surface area contributed by atoms with Crippen LogP contribution < -0.4 is 0 Å². The van der Waals surface area contributed by atoms with Gasteiger partial charge in [-0.1, -0.05) is 259 Å². The lowest BCUT2D eigenvalue weighted by Crippen LogP contribution is -2.30. The summed E-state index contributed by atoms with van der Waals surface area (Å²) in [4.78, 5) is 37.8. The van der Waals surface area contributed by atoms with Gasteiger partial charge in [0.15, 0.2) is 6.10 Å². The van der Waals surface area contributed by atoms with Crippen molar-refractivity contribution in [1.29, 1.82) is 0 Å². The average Bonchev–Trinajstić information content (AvgIpc) is 3.23. The Morgan fingerprint density at radius 1 is 0.339 bits per heavy atom. The topological polar surface area (TPSA) is 78.9 Å². The van der Waals surface area contributed by atoms with Gasteiger partial charge in [0, 0.05) is 19.3 Å². The largest absolute Gasteiger partial charge is 0.462 e. The van der Waals surface area contributed by atoms with Crippen LogP contribution in [0.5, 0.6) is 0 Å². The van der Waals surface area contributed by atoms with Crippen molar-refractivity contribution < 1.29 is 28.6 Å². The Morgan fingerprint density at radius 3 is 0.881 bits per heavy atom. The molecule has 0 saturated carbocycles. The zero-order valence-electron chi connectivity index (χ0n) is 40.2. The van der Waals surface area contributed by atoms with Crippen LogP contribution in [0.25, 0.3) is 0 Å². The van der Waals surface area contributed by atoms with E-state index in [9.17, 15) is 14.4 Å². The summed E-state index contributed by atoms with van der Waals surface area (Å²) in [6, 6.07) is 0. The molecule has 0 aromatic heterocycles. The Hall–Kier alpha value is -1.59. The van der Waals surface area contributed by atoms with Crippen LogP contribution in [-0.2, 0) is 28.6 Å². The summed E-state index contributed by atoms with van der Waals surface area (Å²) in [6.45, 7) is 9.04. The second-order valence-electron chi connectivity index (χ2n) is 18.4. The Balaban J connectivity index is 4.18. The number of carbonyl (C=O) groups excluding carboxylic acids is 3. The lowest BCUT2D eigenvalue weighted by Gasteiger charge is -2.18. The minimum absolute atomic E-state index is 0.0630. The summed E-state index contributed by atoms with van der Waals surface area (Å²) >= 11 is 0. The van der Waals surface area contributed by atoms with Gasteiger partial charge in [0.05, 0.1) is 0 Å². The van der Waals surface area contributed by atoms with Crippen molar-refractivity contribution in [2.75, 3.05) is 13.2 Å². The van der Waals surface area contributed by atoms with E-state index in [1.165, 1.54) is 193 Å². The van der Waals surface area contributed by atoms with E-state index in [2.05, 4.69) is 27.7 Å². The van der Waals surface area contributed by atoms with Crippen molar-refractivity contribution in [2.24, 2.45) is 5.92 Å². The molecule has 0 N–H and O–H groups in total. The normalized spacial score (nSPS) is 12.4. The maximum atomic E-state index is 12.8. The van der Waals surface area contributed by atoms with E-state index >= 15 is 0 Å². The number of esters is 3. The van der Waals surface area contributed by atoms with Crippen LogP contribution in [0, 0.1) is 5.92 Å². The van der Waals surface area contributed by atoms with Crippen LogP contribution in [0.4, 0.5) is 0 Å². The molecule has 0 aromatic carbocycles. The fourth-order valence-electron chi connectivity index (χ4n) is 8.01. The molecule has 0 aliphatic heterocycles. The summed E-state index contributed by atoms with van der Waals surface area (Å²) < 4.78 is 16.8. The molecule has 0 amide bonds. The first-order valence-electron chi connectivity index (χ1n) is 26.4. The minimum Gasteiger partial charge on any atom is -0.462 e. The highest BCUT2D eigenvalue weighted by Gasteiger charge is 2.19. The summed E-state index contributed by atoms with van der Waals surface area (Å²) in [5.41, 5.74) is 0. The molecule has 59 heavy (non-hydrogen) atoms. The highest BCUT2D eigenvalue weighted by molar-refractivity contribution is 5.71. The molecule has 0 bridgehead atoms. The standard InChI is InChI=1S/C53H102O6/c1-5-8-10-12-14-15-16-17-18-19-24-27-30-34-38-42-46-53(56)59-50(47-57-51(54)44-40-36-31-13-11-9-6-2)48-58-52(55)45-41-37-33-29-26-23-21-20-22-25-28-32-35-39-43-49(4)7-3/h49-50H,5-48H2,1-4H3/t49?,50-/m0/s1. The van der Waals surface area contributed by atoms with Gasteiger partial charge in [-0.05, 0) is 25.2 Å². The maximum absolute atomic E-state index is 12.8. The van der Waals surface area contributed by atoms with Gasteiger partial charge in [-0.3, -0.25) is 14.4 Å². The molecule has 0 spiro atoms. The molecule has 0 rings (SSSR count). The number of ether oxygens (including phenoxy) is 3. The van der Waals surface area contributed by atoms with E-state index in [1.807, 2.05) is 0 Å². The van der Waals surface area contributed by atoms with Crippen molar-refractivity contribution in [2.45, 2.75) is 303 Å². The molecular weight excluding hydrogens is 733 g/mol. The molecule has 0 aliphatic carbocycles. The third-order valence-electron chi connectivity index (χ3n) is 12.4.